The van der Waals surface area contributed by atoms with E-state index in [0.717, 1.165) is 22.9 Å². The van der Waals surface area contributed by atoms with E-state index in [1.807, 2.05) is 13.0 Å². The van der Waals surface area contributed by atoms with Gasteiger partial charge in [0.15, 0.2) is 11.5 Å². The van der Waals surface area contributed by atoms with Gasteiger partial charge in [-0.3, -0.25) is 4.98 Å². The van der Waals surface area contributed by atoms with E-state index in [0.29, 0.717) is 13.2 Å². The molecule has 15 heavy (non-hydrogen) atoms. The fourth-order valence-electron chi connectivity index (χ4n) is 1.59. The molecule has 0 radical (unpaired) electrons. The maximum absolute atomic E-state index is 5.58. The number of nitrogens with zero attached hydrogens (tertiary/aromatic N) is 1. The van der Waals surface area contributed by atoms with Crippen molar-refractivity contribution in [2.75, 3.05) is 13.2 Å². The fraction of sp³-hybridized carbons (Fsp3) is 0.583. The number of aryl methyl sites for hydroxylation is 1. The predicted molar refractivity (Wildman–Crippen MR) is 58.7 cm³/mol. The van der Waals surface area contributed by atoms with Crippen molar-refractivity contribution < 1.29 is 9.47 Å². The van der Waals surface area contributed by atoms with Crippen LogP contribution in [0.15, 0.2) is 6.07 Å². The largest absolute Gasteiger partial charge is 0.486 e. The van der Waals surface area contributed by atoms with Gasteiger partial charge in [0.25, 0.3) is 0 Å². The molecule has 2 rings (SSSR count). The average molecular weight is 207 g/mol. The first-order chi connectivity index (χ1) is 6.98. The molecule has 1 aromatic heterocycles. The Morgan fingerprint density at radius 1 is 1.20 bits per heavy atom. The van der Waals surface area contributed by atoms with Crippen LogP contribution in [0.1, 0.15) is 32.2 Å². The monoisotopic (exact) mass is 207 g/mol. The van der Waals surface area contributed by atoms with Crippen molar-refractivity contribution in [1.82, 2.24) is 4.98 Å². The van der Waals surface area contributed by atoms with Crippen molar-refractivity contribution in [1.29, 1.82) is 0 Å². The molecule has 1 aliphatic rings. The number of hydrogen-bond donors (Lipinski definition) is 0. The van der Waals surface area contributed by atoms with Gasteiger partial charge >= 0.3 is 0 Å². The fourth-order valence-corrected chi connectivity index (χ4v) is 1.59. The molecule has 1 aliphatic heterocycles. The van der Waals surface area contributed by atoms with Crippen molar-refractivity contribution in [3.63, 3.8) is 0 Å². The Morgan fingerprint density at radius 2 is 1.87 bits per heavy atom. The van der Waals surface area contributed by atoms with Crippen LogP contribution < -0.4 is 9.47 Å². The van der Waals surface area contributed by atoms with Crippen molar-refractivity contribution in [2.24, 2.45) is 0 Å². The third kappa shape index (κ3) is 1.91. The zero-order chi connectivity index (χ0) is 11.1. The zero-order valence-electron chi connectivity index (χ0n) is 9.76. The van der Waals surface area contributed by atoms with Crippen LogP contribution in [0.4, 0.5) is 0 Å². The lowest BCUT2D eigenvalue weighted by Crippen LogP contribution is -2.20. The maximum atomic E-state index is 5.58. The number of fused-ring (bicyclic) bond motifs is 1. The van der Waals surface area contributed by atoms with Gasteiger partial charge in [-0.15, -0.1) is 0 Å². The number of pyridine rings is 1. The topological polar surface area (TPSA) is 31.4 Å². The summed E-state index contributed by atoms with van der Waals surface area (Å²) in [5.74, 6) is 1.63. The van der Waals surface area contributed by atoms with Crippen molar-refractivity contribution in [3.05, 3.63) is 17.5 Å². The Balaban J connectivity index is 2.50. The molecule has 3 nitrogen and oxygen atoms in total. The van der Waals surface area contributed by atoms with Crippen molar-refractivity contribution >= 4 is 0 Å². The van der Waals surface area contributed by atoms with E-state index >= 15 is 0 Å². The SMILES string of the molecule is Cc1nc(C(C)(C)C)cc2c1OCCO2. The molecule has 0 fully saturated rings. The minimum atomic E-state index is 0.0423. The molecule has 0 aromatic carbocycles. The molecule has 82 valence electrons. The van der Waals surface area contributed by atoms with Gasteiger partial charge in [-0.1, -0.05) is 20.8 Å². The molecule has 1 aromatic rings. The van der Waals surface area contributed by atoms with Crippen LogP contribution in [0, 0.1) is 6.92 Å². The molecule has 0 spiro atoms. The molecule has 0 bridgehead atoms. The summed E-state index contributed by atoms with van der Waals surface area (Å²) < 4.78 is 11.1. The highest BCUT2D eigenvalue weighted by Crippen LogP contribution is 2.35. The maximum Gasteiger partial charge on any atom is 0.182 e. The first-order valence-corrected chi connectivity index (χ1v) is 5.26. The summed E-state index contributed by atoms with van der Waals surface area (Å²) in [6, 6.07) is 1.99. The van der Waals surface area contributed by atoms with Gasteiger partial charge < -0.3 is 9.47 Å². The highest BCUT2D eigenvalue weighted by atomic mass is 16.6. The van der Waals surface area contributed by atoms with Crippen molar-refractivity contribution in [3.8, 4) is 11.5 Å². The second-order valence-corrected chi connectivity index (χ2v) is 4.87. The Labute approximate surface area is 90.4 Å². The Kier molecular flexibility index (Phi) is 2.33. The van der Waals surface area contributed by atoms with E-state index in [1.54, 1.807) is 0 Å². The third-order valence-electron chi connectivity index (χ3n) is 2.46. The first-order valence-electron chi connectivity index (χ1n) is 5.26. The van der Waals surface area contributed by atoms with Crippen LogP contribution >= 0.6 is 0 Å². The summed E-state index contributed by atoms with van der Waals surface area (Å²) in [6.07, 6.45) is 0. The van der Waals surface area contributed by atoms with Gasteiger partial charge in [0.2, 0.25) is 0 Å². The lowest BCUT2D eigenvalue weighted by atomic mass is 9.91. The molecule has 0 unspecified atom stereocenters. The average Bonchev–Trinajstić information content (AvgIpc) is 2.16. The van der Waals surface area contributed by atoms with Crippen LogP contribution in [0.5, 0.6) is 11.5 Å². The van der Waals surface area contributed by atoms with E-state index < -0.39 is 0 Å². The molecule has 0 aliphatic carbocycles. The Morgan fingerprint density at radius 3 is 2.53 bits per heavy atom. The van der Waals surface area contributed by atoms with Gasteiger partial charge in [-0.25, -0.2) is 0 Å². The predicted octanol–water partition coefficient (Wildman–Crippen LogP) is 2.46. The molecular formula is C12H17NO2. The van der Waals surface area contributed by atoms with Crippen LogP contribution in [0.3, 0.4) is 0 Å². The molecule has 0 atom stereocenters. The summed E-state index contributed by atoms with van der Waals surface area (Å²) in [7, 11) is 0. The summed E-state index contributed by atoms with van der Waals surface area (Å²) in [4.78, 5) is 4.55. The summed E-state index contributed by atoms with van der Waals surface area (Å²) in [6.45, 7) is 9.63. The second-order valence-electron chi connectivity index (χ2n) is 4.87. The lowest BCUT2D eigenvalue weighted by molar-refractivity contribution is 0.169. The molecular weight excluding hydrogens is 190 g/mol. The summed E-state index contributed by atoms with van der Waals surface area (Å²) >= 11 is 0. The van der Waals surface area contributed by atoms with Gasteiger partial charge in [0, 0.05) is 17.2 Å². The Bertz CT molecular complexity index is 380. The molecule has 0 saturated carbocycles. The smallest absolute Gasteiger partial charge is 0.182 e. The molecule has 0 amide bonds. The van der Waals surface area contributed by atoms with E-state index in [1.165, 1.54) is 0 Å². The molecule has 3 heteroatoms. The number of hydrogen-bond acceptors (Lipinski definition) is 3. The Hall–Kier alpha value is -1.25. The summed E-state index contributed by atoms with van der Waals surface area (Å²) in [5.41, 5.74) is 2.00. The standard InChI is InChI=1S/C12H17NO2/c1-8-11-9(14-5-6-15-11)7-10(13-8)12(2,3)4/h7H,5-6H2,1-4H3. The molecule has 2 heterocycles. The quantitative estimate of drug-likeness (QED) is 0.655. The first kappa shape index (κ1) is 10.3. The number of rotatable bonds is 0. The van der Waals surface area contributed by atoms with Gasteiger partial charge in [0.05, 0.1) is 5.69 Å². The highest BCUT2D eigenvalue weighted by Gasteiger charge is 2.22. The van der Waals surface area contributed by atoms with E-state index in [9.17, 15) is 0 Å². The van der Waals surface area contributed by atoms with Crippen LogP contribution in [-0.2, 0) is 5.41 Å². The van der Waals surface area contributed by atoms with Gasteiger partial charge in [-0.2, -0.15) is 0 Å². The molecule has 0 N–H and O–H groups in total. The number of ether oxygens (including phenoxy) is 2. The van der Waals surface area contributed by atoms with Crippen LogP contribution in [0.2, 0.25) is 0 Å². The third-order valence-corrected chi connectivity index (χ3v) is 2.46. The van der Waals surface area contributed by atoms with Crippen molar-refractivity contribution in [2.45, 2.75) is 33.1 Å². The van der Waals surface area contributed by atoms with Gasteiger partial charge in [-0.05, 0) is 6.92 Å². The summed E-state index contributed by atoms with van der Waals surface area (Å²) in [5, 5.41) is 0. The van der Waals surface area contributed by atoms with E-state index in [-0.39, 0.29) is 5.41 Å². The minimum absolute atomic E-state index is 0.0423. The normalized spacial score (nSPS) is 15.2. The second kappa shape index (κ2) is 3.40. The van der Waals surface area contributed by atoms with E-state index in [2.05, 4.69) is 25.8 Å². The lowest BCUT2D eigenvalue weighted by Gasteiger charge is -2.24. The zero-order valence-corrected chi connectivity index (χ0v) is 9.76. The minimum Gasteiger partial charge on any atom is -0.486 e. The van der Waals surface area contributed by atoms with Crippen LogP contribution in [-0.4, -0.2) is 18.2 Å². The molecule has 0 saturated heterocycles. The van der Waals surface area contributed by atoms with Gasteiger partial charge in [0.1, 0.15) is 13.2 Å². The number of aromatic nitrogens is 1. The van der Waals surface area contributed by atoms with E-state index in [4.69, 9.17) is 9.47 Å². The highest BCUT2D eigenvalue weighted by molar-refractivity contribution is 5.46. The van der Waals surface area contributed by atoms with Crippen LogP contribution in [0.25, 0.3) is 0 Å².